The molecule has 2 fully saturated rings. The summed E-state index contributed by atoms with van der Waals surface area (Å²) in [6.45, 7) is 3.25. The first-order chi connectivity index (χ1) is 11.8. The van der Waals surface area contributed by atoms with Crippen LogP contribution in [0, 0.1) is 0 Å². The molecule has 8 nitrogen and oxygen atoms in total. The van der Waals surface area contributed by atoms with Gasteiger partial charge in [-0.3, -0.25) is 9.89 Å². The molecule has 2 saturated heterocycles. The Balaban J connectivity index is 1.43. The van der Waals surface area contributed by atoms with Crippen molar-refractivity contribution in [3.05, 3.63) is 30.5 Å². The minimum atomic E-state index is -0.135. The third-order valence-corrected chi connectivity index (χ3v) is 4.50. The van der Waals surface area contributed by atoms with Gasteiger partial charge in [0.1, 0.15) is 12.4 Å². The number of rotatable bonds is 4. The van der Waals surface area contributed by atoms with Crippen molar-refractivity contribution >= 4 is 11.7 Å². The Morgan fingerprint density at radius 3 is 2.92 bits per heavy atom. The molecule has 4 heterocycles. The van der Waals surface area contributed by atoms with Crippen LogP contribution in [-0.2, 0) is 0 Å². The molecular weight excluding hydrogens is 308 g/mol. The third kappa shape index (κ3) is 2.91. The molecule has 1 unspecified atom stereocenters. The minimum Gasteiger partial charge on any atom is -0.485 e. The van der Waals surface area contributed by atoms with Gasteiger partial charge in [-0.1, -0.05) is 0 Å². The predicted molar refractivity (Wildman–Crippen MR) is 87.0 cm³/mol. The number of carbonyl (C=O) groups is 1. The molecule has 0 bridgehead atoms. The lowest BCUT2D eigenvalue weighted by atomic mass is 10.3. The Bertz CT molecular complexity index is 698. The van der Waals surface area contributed by atoms with E-state index in [2.05, 4.69) is 25.1 Å². The molecule has 0 saturated carbocycles. The summed E-state index contributed by atoms with van der Waals surface area (Å²) in [5.41, 5.74) is 0. The molecule has 0 aromatic carbocycles. The number of anilines is 1. The van der Waals surface area contributed by atoms with Crippen LogP contribution in [0.3, 0.4) is 0 Å². The van der Waals surface area contributed by atoms with Crippen molar-refractivity contribution in [2.24, 2.45) is 0 Å². The molecule has 4 rings (SSSR count). The molecule has 0 spiro atoms. The molecule has 0 aliphatic carbocycles. The van der Waals surface area contributed by atoms with Crippen molar-refractivity contribution in [1.82, 2.24) is 25.1 Å². The molecule has 2 aliphatic rings. The van der Waals surface area contributed by atoms with Crippen molar-refractivity contribution in [1.29, 1.82) is 0 Å². The molecule has 1 N–H and O–H groups in total. The predicted octanol–water partition coefficient (Wildman–Crippen LogP) is 1.09. The second-order valence-corrected chi connectivity index (χ2v) is 6.13. The number of nitrogens with zero attached hydrogens (tertiary/aromatic N) is 5. The Hall–Kier alpha value is -2.64. The molecular formula is C16H20N6O2. The smallest absolute Gasteiger partial charge is 0.291 e. The quantitative estimate of drug-likeness (QED) is 0.904. The SMILES string of the molecule is O=C(c1ncn[nH]1)N1CCC(Oc2cccnc2N2CCCC2)C1. The second kappa shape index (κ2) is 6.46. The largest absolute Gasteiger partial charge is 0.485 e. The average Bonchev–Trinajstić information content (AvgIpc) is 3.36. The highest BCUT2D eigenvalue weighted by atomic mass is 16.5. The highest BCUT2D eigenvalue weighted by Gasteiger charge is 2.30. The van der Waals surface area contributed by atoms with E-state index in [1.54, 1.807) is 11.1 Å². The number of H-pyrrole nitrogens is 1. The highest BCUT2D eigenvalue weighted by molar-refractivity contribution is 5.90. The number of hydrogen-bond donors (Lipinski definition) is 1. The van der Waals surface area contributed by atoms with E-state index in [0.29, 0.717) is 13.1 Å². The maximum absolute atomic E-state index is 12.3. The molecule has 1 atom stereocenters. The summed E-state index contributed by atoms with van der Waals surface area (Å²) in [5, 5.41) is 6.34. The molecule has 0 radical (unpaired) electrons. The summed E-state index contributed by atoms with van der Waals surface area (Å²) in [5.74, 6) is 1.85. The number of aromatic amines is 1. The first-order valence-electron chi connectivity index (χ1n) is 8.32. The van der Waals surface area contributed by atoms with Crippen LogP contribution >= 0.6 is 0 Å². The van der Waals surface area contributed by atoms with Crippen molar-refractivity contribution in [2.75, 3.05) is 31.1 Å². The van der Waals surface area contributed by atoms with Crippen LogP contribution in [0.2, 0.25) is 0 Å². The Morgan fingerprint density at radius 1 is 1.25 bits per heavy atom. The van der Waals surface area contributed by atoms with Gasteiger partial charge in [-0.15, -0.1) is 0 Å². The number of likely N-dealkylation sites (tertiary alicyclic amines) is 1. The molecule has 24 heavy (non-hydrogen) atoms. The summed E-state index contributed by atoms with van der Waals surface area (Å²) >= 11 is 0. The van der Waals surface area contributed by atoms with Gasteiger partial charge in [-0.25, -0.2) is 9.97 Å². The maximum Gasteiger partial charge on any atom is 0.291 e. The summed E-state index contributed by atoms with van der Waals surface area (Å²) in [4.78, 5) is 24.7. The van der Waals surface area contributed by atoms with Gasteiger partial charge >= 0.3 is 0 Å². The minimum absolute atomic E-state index is 0.0255. The zero-order valence-corrected chi connectivity index (χ0v) is 13.4. The van der Waals surface area contributed by atoms with Crippen LogP contribution < -0.4 is 9.64 Å². The van der Waals surface area contributed by atoms with Gasteiger partial charge in [0.05, 0.1) is 6.54 Å². The van der Waals surface area contributed by atoms with Crippen LogP contribution in [0.25, 0.3) is 0 Å². The summed E-state index contributed by atoms with van der Waals surface area (Å²) in [6.07, 6.45) is 6.30. The summed E-state index contributed by atoms with van der Waals surface area (Å²) < 4.78 is 6.17. The number of hydrogen-bond acceptors (Lipinski definition) is 6. The zero-order valence-electron chi connectivity index (χ0n) is 13.4. The van der Waals surface area contributed by atoms with Crippen LogP contribution in [0.1, 0.15) is 29.9 Å². The van der Waals surface area contributed by atoms with Gasteiger partial charge in [0.15, 0.2) is 11.6 Å². The van der Waals surface area contributed by atoms with Crippen LogP contribution in [0.5, 0.6) is 5.75 Å². The second-order valence-electron chi connectivity index (χ2n) is 6.13. The van der Waals surface area contributed by atoms with Gasteiger partial charge in [-0.2, -0.15) is 5.10 Å². The monoisotopic (exact) mass is 328 g/mol. The van der Waals surface area contributed by atoms with Crippen molar-refractivity contribution in [3.8, 4) is 5.75 Å². The first kappa shape index (κ1) is 14.9. The lowest BCUT2D eigenvalue weighted by molar-refractivity contribution is 0.0761. The van der Waals surface area contributed by atoms with Gasteiger partial charge in [0, 0.05) is 32.3 Å². The zero-order chi connectivity index (χ0) is 16.4. The van der Waals surface area contributed by atoms with Crippen LogP contribution in [0.4, 0.5) is 5.82 Å². The number of aromatic nitrogens is 4. The average molecular weight is 328 g/mol. The lowest BCUT2D eigenvalue weighted by Gasteiger charge is -2.22. The van der Waals surface area contributed by atoms with E-state index < -0.39 is 0 Å². The van der Waals surface area contributed by atoms with E-state index in [1.165, 1.54) is 19.2 Å². The fraction of sp³-hybridized carbons (Fsp3) is 0.500. The number of carbonyl (C=O) groups excluding carboxylic acids is 1. The van der Waals surface area contributed by atoms with Gasteiger partial charge in [0.2, 0.25) is 5.82 Å². The molecule has 126 valence electrons. The topological polar surface area (TPSA) is 87.2 Å². The van der Waals surface area contributed by atoms with E-state index in [1.807, 2.05) is 12.1 Å². The van der Waals surface area contributed by atoms with Gasteiger partial charge in [-0.05, 0) is 25.0 Å². The summed E-state index contributed by atoms with van der Waals surface area (Å²) in [6, 6.07) is 3.85. The Kier molecular flexibility index (Phi) is 4.02. The first-order valence-corrected chi connectivity index (χ1v) is 8.32. The normalized spacial score (nSPS) is 20.6. The Labute approximate surface area is 139 Å². The molecule has 8 heteroatoms. The van der Waals surface area contributed by atoms with Crippen molar-refractivity contribution in [3.63, 3.8) is 0 Å². The van der Waals surface area contributed by atoms with E-state index in [0.717, 1.165) is 31.1 Å². The number of amides is 1. The fourth-order valence-corrected chi connectivity index (χ4v) is 3.29. The number of nitrogens with one attached hydrogen (secondary N) is 1. The van der Waals surface area contributed by atoms with Crippen molar-refractivity contribution < 1.29 is 9.53 Å². The van der Waals surface area contributed by atoms with Gasteiger partial charge in [0.25, 0.3) is 5.91 Å². The van der Waals surface area contributed by atoms with E-state index >= 15 is 0 Å². The highest BCUT2D eigenvalue weighted by Crippen LogP contribution is 2.30. The standard InChI is InChI=1S/C16H20N6O2/c23-16(14-18-11-19-20-14)22-9-5-12(10-22)24-13-4-3-6-17-15(13)21-7-1-2-8-21/h3-4,6,11-12H,1-2,5,7-10H2,(H,18,19,20). The number of ether oxygens (including phenoxy) is 1. The van der Waals surface area contributed by atoms with E-state index in [9.17, 15) is 4.79 Å². The summed E-state index contributed by atoms with van der Waals surface area (Å²) in [7, 11) is 0. The van der Waals surface area contributed by atoms with E-state index in [4.69, 9.17) is 4.74 Å². The van der Waals surface area contributed by atoms with Crippen molar-refractivity contribution in [2.45, 2.75) is 25.4 Å². The maximum atomic E-state index is 12.3. The number of pyridine rings is 1. The molecule has 2 aliphatic heterocycles. The van der Waals surface area contributed by atoms with Crippen LogP contribution in [0.15, 0.2) is 24.7 Å². The molecule has 2 aromatic rings. The van der Waals surface area contributed by atoms with Gasteiger partial charge < -0.3 is 14.5 Å². The fourth-order valence-electron chi connectivity index (χ4n) is 3.29. The molecule has 1 amide bonds. The third-order valence-electron chi connectivity index (χ3n) is 4.50. The molecule has 2 aromatic heterocycles. The lowest BCUT2D eigenvalue weighted by Crippen LogP contribution is -2.32. The van der Waals surface area contributed by atoms with Crippen LogP contribution in [-0.4, -0.2) is 63.3 Å². The van der Waals surface area contributed by atoms with E-state index in [-0.39, 0.29) is 17.8 Å². The Morgan fingerprint density at radius 2 is 2.12 bits per heavy atom.